The number of hydrogen-bond donors (Lipinski definition) is 1. The van der Waals surface area contributed by atoms with Crippen LogP contribution in [0.2, 0.25) is 4.34 Å². The maximum absolute atomic E-state index is 12.3. The Labute approximate surface area is 123 Å². The largest absolute Gasteiger partial charge is 0.348 e. The van der Waals surface area contributed by atoms with Crippen LogP contribution in [0.15, 0.2) is 12.1 Å². The van der Waals surface area contributed by atoms with Crippen LogP contribution in [0, 0.1) is 16.7 Å². The summed E-state index contributed by atoms with van der Waals surface area (Å²) in [6.45, 7) is 7.06. The van der Waals surface area contributed by atoms with E-state index in [4.69, 9.17) is 11.6 Å². The molecule has 2 aliphatic carbocycles. The van der Waals surface area contributed by atoms with Gasteiger partial charge < -0.3 is 5.32 Å². The lowest BCUT2D eigenvalue weighted by Gasteiger charge is -2.39. The number of carbonyl (C=O) groups excluding carboxylic acids is 1. The lowest BCUT2D eigenvalue weighted by Crippen LogP contribution is -2.46. The first-order valence-corrected chi connectivity index (χ1v) is 8.10. The average molecular weight is 298 g/mol. The van der Waals surface area contributed by atoms with Gasteiger partial charge >= 0.3 is 0 Å². The fraction of sp³-hybridized carbons (Fsp3) is 0.667. The fourth-order valence-corrected chi connectivity index (χ4v) is 5.03. The number of thiophene rings is 1. The Morgan fingerprint density at radius 3 is 2.63 bits per heavy atom. The van der Waals surface area contributed by atoms with Crippen molar-refractivity contribution in [3.05, 3.63) is 21.3 Å². The first-order chi connectivity index (χ1) is 8.84. The number of halogens is 1. The maximum Gasteiger partial charge on any atom is 0.261 e. The first-order valence-electron chi connectivity index (χ1n) is 6.91. The van der Waals surface area contributed by atoms with Gasteiger partial charge in [-0.3, -0.25) is 4.79 Å². The number of nitrogens with one attached hydrogen (secondary N) is 1. The van der Waals surface area contributed by atoms with Crippen molar-refractivity contribution in [2.75, 3.05) is 0 Å². The molecule has 2 saturated carbocycles. The normalized spacial score (nSPS) is 35.6. The highest BCUT2D eigenvalue weighted by Gasteiger charge is 2.61. The molecular weight excluding hydrogens is 278 g/mol. The monoisotopic (exact) mass is 297 g/mol. The van der Waals surface area contributed by atoms with Crippen molar-refractivity contribution in [2.24, 2.45) is 16.7 Å². The van der Waals surface area contributed by atoms with E-state index in [9.17, 15) is 4.79 Å². The minimum absolute atomic E-state index is 0.0338. The zero-order valence-electron chi connectivity index (χ0n) is 11.6. The number of carbonyl (C=O) groups is 1. The van der Waals surface area contributed by atoms with Gasteiger partial charge in [-0.05, 0) is 48.1 Å². The van der Waals surface area contributed by atoms with E-state index in [2.05, 4.69) is 26.1 Å². The molecule has 0 aliphatic heterocycles. The van der Waals surface area contributed by atoms with Crippen LogP contribution in [0.25, 0.3) is 0 Å². The molecule has 3 rings (SSSR count). The second kappa shape index (κ2) is 4.23. The van der Waals surface area contributed by atoms with Gasteiger partial charge in [0.15, 0.2) is 0 Å². The number of rotatable bonds is 2. The van der Waals surface area contributed by atoms with Crippen LogP contribution in [0.3, 0.4) is 0 Å². The summed E-state index contributed by atoms with van der Waals surface area (Å²) in [7, 11) is 0. The molecule has 104 valence electrons. The van der Waals surface area contributed by atoms with Crippen LogP contribution < -0.4 is 5.32 Å². The maximum atomic E-state index is 12.3. The summed E-state index contributed by atoms with van der Waals surface area (Å²) >= 11 is 7.25. The Hall–Kier alpha value is -0.540. The second-order valence-corrected chi connectivity index (χ2v) is 8.46. The summed E-state index contributed by atoms with van der Waals surface area (Å²) in [6, 6.07) is 3.89. The third-order valence-electron chi connectivity index (χ3n) is 5.90. The van der Waals surface area contributed by atoms with E-state index in [1.807, 2.05) is 6.07 Å². The summed E-state index contributed by atoms with van der Waals surface area (Å²) in [4.78, 5) is 13.0. The molecule has 1 amide bonds. The third kappa shape index (κ3) is 1.85. The topological polar surface area (TPSA) is 29.1 Å². The van der Waals surface area contributed by atoms with E-state index in [0.29, 0.717) is 20.7 Å². The Balaban J connectivity index is 1.77. The minimum Gasteiger partial charge on any atom is -0.348 e. The summed E-state index contributed by atoms with van der Waals surface area (Å²) in [5, 5.41) is 3.25. The van der Waals surface area contributed by atoms with Crippen molar-refractivity contribution < 1.29 is 4.79 Å². The van der Waals surface area contributed by atoms with E-state index in [1.54, 1.807) is 6.07 Å². The van der Waals surface area contributed by atoms with Gasteiger partial charge in [0.05, 0.1) is 9.21 Å². The lowest BCUT2D eigenvalue weighted by atomic mass is 9.69. The number of amides is 1. The van der Waals surface area contributed by atoms with Crippen LogP contribution in [0.5, 0.6) is 0 Å². The van der Waals surface area contributed by atoms with Crippen molar-refractivity contribution in [3.63, 3.8) is 0 Å². The summed E-state index contributed by atoms with van der Waals surface area (Å²) in [6.07, 6.45) is 3.65. The highest BCUT2D eigenvalue weighted by Crippen LogP contribution is 2.65. The molecule has 0 aromatic carbocycles. The Morgan fingerprint density at radius 2 is 2.16 bits per heavy atom. The van der Waals surface area contributed by atoms with Gasteiger partial charge in [-0.15, -0.1) is 11.3 Å². The molecule has 0 spiro atoms. The van der Waals surface area contributed by atoms with Gasteiger partial charge in [0.2, 0.25) is 0 Å². The van der Waals surface area contributed by atoms with Gasteiger partial charge in [-0.25, -0.2) is 0 Å². The predicted molar refractivity (Wildman–Crippen MR) is 79.8 cm³/mol. The zero-order valence-corrected chi connectivity index (χ0v) is 13.2. The lowest BCUT2D eigenvalue weighted by molar-refractivity contribution is 0.0830. The van der Waals surface area contributed by atoms with E-state index >= 15 is 0 Å². The van der Waals surface area contributed by atoms with Gasteiger partial charge in [0.1, 0.15) is 0 Å². The number of fused-ring (bicyclic) bond motifs is 2. The average Bonchev–Trinajstić information content (AvgIpc) is 2.91. The van der Waals surface area contributed by atoms with E-state index in [-0.39, 0.29) is 11.3 Å². The zero-order chi connectivity index (χ0) is 13.8. The molecule has 19 heavy (non-hydrogen) atoms. The molecule has 1 aromatic heterocycles. The van der Waals surface area contributed by atoms with Gasteiger partial charge in [-0.1, -0.05) is 32.4 Å². The smallest absolute Gasteiger partial charge is 0.261 e. The van der Waals surface area contributed by atoms with Crippen LogP contribution in [-0.4, -0.2) is 11.9 Å². The Kier molecular flexibility index (Phi) is 2.99. The molecule has 2 fully saturated rings. The van der Waals surface area contributed by atoms with Crippen molar-refractivity contribution in [1.82, 2.24) is 5.32 Å². The van der Waals surface area contributed by atoms with E-state index < -0.39 is 0 Å². The molecule has 2 nitrogen and oxygen atoms in total. The molecule has 4 heteroatoms. The number of hydrogen-bond acceptors (Lipinski definition) is 2. The van der Waals surface area contributed by atoms with Crippen molar-refractivity contribution >= 4 is 28.8 Å². The van der Waals surface area contributed by atoms with Gasteiger partial charge in [0, 0.05) is 6.04 Å². The van der Waals surface area contributed by atoms with E-state index in [0.717, 1.165) is 12.3 Å². The standard InChI is InChI=1S/C15H20ClNOS/c1-14(2)9-6-7-15(14,3)11(8-9)17-13(18)10-4-5-12(16)19-10/h4-5,9,11H,6-8H2,1-3H3,(H,17,18). The molecule has 3 atom stereocenters. The Morgan fingerprint density at radius 1 is 1.42 bits per heavy atom. The molecular formula is C15H20ClNOS. The molecule has 2 bridgehead atoms. The molecule has 2 aliphatic rings. The van der Waals surface area contributed by atoms with Crippen LogP contribution in [0.4, 0.5) is 0 Å². The van der Waals surface area contributed by atoms with Crippen LogP contribution in [-0.2, 0) is 0 Å². The van der Waals surface area contributed by atoms with Crippen LogP contribution >= 0.6 is 22.9 Å². The SMILES string of the molecule is CC1(C)C2CCC1(C)C(NC(=O)c1ccc(Cl)s1)C2. The molecule has 0 saturated heterocycles. The van der Waals surface area contributed by atoms with Crippen LogP contribution in [0.1, 0.15) is 49.7 Å². The second-order valence-electron chi connectivity index (χ2n) is 6.74. The molecule has 1 heterocycles. The molecule has 0 radical (unpaired) electrons. The van der Waals surface area contributed by atoms with Crippen molar-refractivity contribution in [3.8, 4) is 0 Å². The predicted octanol–water partition coefficient (Wildman–Crippen LogP) is 4.35. The highest BCUT2D eigenvalue weighted by atomic mass is 35.5. The van der Waals surface area contributed by atoms with Gasteiger partial charge in [-0.2, -0.15) is 0 Å². The minimum atomic E-state index is 0.0338. The fourth-order valence-electron chi connectivity index (χ4n) is 4.09. The quantitative estimate of drug-likeness (QED) is 0.864. The summed E-state index contributed by atoms with van der Waals surface area (Å²) in [5.41, 5.74) is 0.562. The van der Waals surface area contributed by atoms with E-state index in [1.165, 1.54) is 24.2 Å². The first kappa shape index (κ1) is 13.4. The summed E-state index contributed by atoms with van der Waals surface area (Å²) in [5.74, 6) is 0.779. The van der Waals surface area contributed by atoms with Crippen molar-refractivity contribution in [1.29, 1.82) is 0 Å². The summed E-state index contributed by atoms with van der Waals surface area (Å²) < 4.78 is 0.671. The molecule has 1 N–H and O–H groups in total. The van der Waals surface area contributed by atoms with Crippen molar-refractivity contribution in [2.45, 2.75) is 46.1 Å². The van der Waals surface area contributed by atoms with Gasteiger partial charge in [0.25, 0.3) is 5.91 Å². The Bertz CT molecular complexity index is 524. The molecule has 1 aromatic rings. The third-order valence-corrected chi connectivity index (χ3v) is 7.13. The molecule has 3 unspecified atom stereocenters. The highest BCUT2D eigenvalue weighted by molar-refractivity contribution is 7.17.